The zero-order valence-corrected chi connectivity index (χ0v) is 17.8. The molecule has 0 fully saturated rings. The van der Waals surface area contributed by atoms with Gasteiger partial charge in [-0.15, -0.1) is 0 Å². The van der Waals surface area contributed by atoms with Crippen LogP contribution in [0, 0.1) is 5.82 Å². The van der Waals surface area contributed by atoms with Gasteiger partial charge in [-0.1, -0.05) is 19.1 Å². The van der Waals surface area contributed by atoms with Crippen LogP contribution in [0.4, 0.5) is 4.39 Å². The molecule has 1 amide bonds. The van der Waals surface area contributed by atoms with Gasteiger partial charge in [0.05, 0.1) is 13.1 Å². The molecule has 0 aliphatic heterocycles. The average molecular weight is 416 g/mol. The molecule has 0 spiro atoms. The summed E-state index contributed by atoms with van der Waals surface area (Å²) in [6.45, 7) is 3.17. The Balaban J connectivity index is 1.74. The molecule has 1 heterocycles. The second-order valence-electron chi connectivity index (χ2n) is 6.80. The minimum Gasteiger partial charge on any atom is -0.489 e. The van der Waals surface area contributed by atoms with Crippen molar-refractivity contribution in [2.24, 2.45) is 4.99 Å². The summed E-state index contributed by atoms with van der Waals surface area (Å²) in [6, 6.07) is 11.8. The maximum absolute atomic E-state index is 13.3. The lowest BCUT2D eigenvalue weighted by Gasteiger charge is -2.21. The van der Waals surface area contributed by atoms with Gasteiger partial charge in [-0.05, 0) is 30.7 Å². The first-order valence-electron chi connectivity index (χ1n) is 10.0. The molecule has 30 heavy (non-hydrogen) atoms. The molecule has 1 atom stereocenters. The standard InChI is InChI=1S/C22H30FN5O2/c1-4-19(30-20-10-7-8-17(23)14-20)15-26-22(24-2)27-16-21(29)28(3)13-11-18-9-5-6-12-25-18/h5-10,12,14,19H,4,11,13,15-16H2,1-3H3,(H2,24,26,27). The van der Waals surface area contributed by atoms with Crippen molar-refractivity contribution < 1.29 is 13.9 Å². The molecule has 2 aromatic rings. The van der Waals surface area contributed by atoms with Crippen molar-refractivity contribution in [3.05, 3.63) is 60.2 Å². The topological polar surface area (TPSA) is 78.9 Å². The van der Waals surface area contributed by atoms with Crippen molar-refractivity contribution in [1.82, 2.24) is 20.5 Å². The number of hydrogen-bond donors (Lipinski definition) is 2. The number of benzene rings is 1. The number of aromatic nitrogens is 1. The Hall–Kier alpha value is -3.16. The van der Waals surface area contributed by atoms with Gasteiger partial charge in [0.2, 0.25) is 5.91 Å². The molecule has 0 bridgehead atoms. The smallest absolute Gasteiger partial charge is 0.241 e. The lowest BCUT2D eigenvalue weighted by molar-refractivity contribution is -0.128. The van der Waals surface area contributed by atoms with Gasteiger partial charge in [0.1, 0.15) is 17.7 Å². The van der Waals surface area contributed by atoms with Gasteiger partial charge in [-0.2, -0.15) is 0 Å². The molecule has 2 N–H and O–H groups in total. The lowest BCUT2D eigenvalue weighted by atomic mass is 10.2. The molecule has 0 radical (unpaired) electrons. The number of carbonyl (C=O) groups excluding carboxylic acids is 1. The molecule has 1 aromatic carbocycles. The summed E-state index contributed by atoms with van der Waals surface area (Å²) in [5.41, 5.74) is 0.950. The van der Waals surface area contributed by atoms with Gasteiger partial charge in [0.25, 0.3) is 0 Å². The summed E-state index contributed by atoms with van der Waals surface area (Å²) in [7, 11) is 3.40. The molecule has 0 saturated carbocycles. The van der Waals surface area contributed by atoms with Crippen LogP contribution in [0.2, 0.25) is 0 Å². The summed E-state index contributed by atoms with van der Waals surface area (Å²) in [4.78, 5) is 22.4. The summed E-state index contributed by atoms with van der Waals surface area (Å²) < 4.78 is 19.1. The molecule has 2 rings (SSSR count). The monoisotopic (exact) mass is 415 g/mol. The van der Waals surface area contributed by atoms with Crippen LogP contribution in [0.5, 0.6) is 5.75 Å². The Morgan fingerprint density at radius 2 is 2.10 bits per heavy atom. The van der Waals surface area contributed by atoms with Crippen molar-refractivity contribution in [1.29, 1.82) is 0 Å². The third kappa shape index (κ3) is 8.06. The molecule has 0 aliphatic rings. The molecule has 1 unspecified atom stereocenters. The maximum Gasteiger partial charge on any atom is 0.241 e. The molecule has 0 saturated heterocycles. The number of nitrogens with zero attached hydrogens (tertiary/aromatic N) is 3. The van der Waals surface area contributed by atoms with E-state index in [0.29, 0.717) is 31.2 Å². The first kappa shape index (κ1) is 23.1. The number of amides is 1. The number of carbonyl (C=O) groups is 1. The number of aliphatic imine (C=N–C) groups is 1. The number of guanidine groups is 1. The highest BCUT2D eigenvalue weighted by atomic mass is 19.1. The molecule has 162 valence electrons. The van der Waals surface area contributed by atoms with Crippen LogP contribution in [0.3, 0.4) is 0 Å². The molecular formula is C22H30FN5O2. The summed E-state index contributed by atoms with van der Waals surface area (Å²) in [5, 5.41) is 6.16. The van der Waals surface area contributed by atoms with E-state index in [0.717, 1.165) is 12.1 Å². The van der Waals surface area contributed by atoms with Crippen LogP contribution in [0.25, 0.3) is 0 Å². The van der Waals surface area contributed by atoms with Crippen LogP contribution < -0.4 is 15.4 Å². The third-order valence-electron chi connectivity index (χ3n) is 4.54. The predicted octanol–water partition coefficient (Wildman–Crippen LogP) is 2.24. The highest BCUT2D eigenvalue weighted by Crippen LogP contribution is 2.14. The Kier molecular flexibility index (Phi) is 9.57. The van der Waals surface area contributed by atoms with Gasteiger partial charge in [-0.3, -0.25) is 14.8 Å². The van der Waals surface area contributed by atoms with Crippen LogP contribution in [0.15, 0.2) is 53.7 Å². The Bertz CT molecular complexity index is 816. The summed E-state index contributed by atoms with van der Waals surface area (Å²) in [6.07, 6.45) is 3.01. The van der Waals surface area contributed by atoms with E-state index in [1.807, 2.05) is 25.1 Å². The molecule has 7 nitrogen and oxygen atoms in total. The zero-order chi connectivity index (χ0) is 21.8. The van der Waals surface area contributed by atoms with E-state index in [9.17, 15) is 9.18 Å². The minimum atomic E-state index is -0.335. The number of likely N-dealkylation sites (N-methyl/N-ethyl adjacent to an activating group) is 1. The number of pyridine rings is 1. The quantitative estimate of drug-likeness (QED) is 0.460. The highest BCUT2D eigenvalue weighted by molar-refractivity contribution is 5.86. The largest absolute Gasteiger partial charge is 0.489 e. The number of nitrogens with one attached hydrogen (secondary N) is 2. The first-order chi connectivity index (χ1) is 14.5. The number of rotatable bonds is 10. The number of ether oxygens (including phenoxy) is 1. The van der Waals surface area contributed by atoms with Gasteiger partial charge >= 0.3 is 0 Å². The molecule has 8 heteroatoms. The summed E-state index contributed by atoms with van der Waals surface area (Å²) in [5.74, 6) is 0.606. The van der Waals surface area contributed by atoms with Crippen LogP contribution >= 0.6 is 0 Å². The van der Waals surface area contributed by atoms with Crippen LogP contribution in [0.1, 0.15) is 19.0 Å². The van der Waals surface area contributed by atoms with Crippen molar-refractivity contribution in [3.63, 3.8) is 0 Å². The highest BCUT2D eigenvalue weighted by Gasteiger charge is 2.12. The van der Waals surface area contributed by atoms with Gasteiger partial charge < -0.3 is 20.3 Å². The van der Waals surface area contributed by atoms with Crippen molar-refractivity contribution in [3.8, 4) is 5.75 Å². The third-order valence-corrected chi connectivity index (χ3v) is 4.54. The normalized spacial score (nSPS) is 12.2. The minimum absolute atomic E-state index is 0.0445. The maximum atomic E-state index is 13.3. The SMILES string of the molecule is CCC(CNC(=NC)NCC(=O)N(C)CCc1ccccn1)Oc1cccc(F)c1. The van der Waals surface area contributed by atoms with Crippen molar-refractivity contribution >= 4 is 11.9 Å². The van der Waals surface area contributed by atoms with Crippen molar-refractivity contribution in [2.45, 2.75) is 25.9 Å². The van der Waals surface area contributed by atoms with Crippen LogP contribution in [-0.4, -0.2) is 61.6 Å². The van der Waals surface area contributed by atoms with E-state index in [-0.39, 0.29) is 24.4 Å². The summed E-state index contributed by atoms with van der Waals surface area (Å²) >= 11 is 0. The molecule has 0 aliphatic carbocycles. The Morgan fingerprint density at radius 3 is 2.77 bits per heavy atom. The second-order valence-corrected chi connectivity index (χ2v) is 6.80. The van der Waals surface area contributed by atoms with Gasteiger partial charge in [-0.25, -0.2) is 4.39 Å². The fraction of sp³-hybridized carbons (Fsp3) is 0.409. The van der Waals surface area contributed by atoms with Crippen LogP contribution in [-0.2, 0) is 11.2 Å². The fourth-order valence-corrected chi connectivity index (χ4v) is 2.68. The van der Waals surface area contributed by atoms with E-state index < -0.39 is 0 Å². The second kappa shape index (κ2) is 12.4. The van der Waals surface area contributed by atoms with E-state index >= 15 is 0 Å². The van der Waals surface area contributed by atoms with Gasteiger partial charge in [0, 0.05) is 45.0 Å². The Morgan fingerprint density at radius 1 is 1.27 bits per heavy atom. The predicted molar refractivity (Wildman–Crippen MR) is 116 cm³/mol. The lowest BCUT2D eigenvalue weighted by Crippen LogP contribution is -2.46. The van der Waals surface area contributed by atoms with E-state index in [2.05, 4.69) is 20.6 Å². The van der Waals surface area contributed by atoms with E-state index in [1.165, 1.54) is 12.1 Å². The average Bonchev–Trinajstić information content (AvgIpc) is 2.77. The molecular weight excluding hydrogens is 385 g/mol. The Labute approximate surface area is 177 Å². The fourth-order valence-electron chi connectivity index (χ4n) is 2.68. The zero-order valence-electron chi connectivity index (χ0n) is 17.8. The molecule has 1 aromatic heterocycles. The van der Waals surface area contributed by atoms with Crippen molar-refractivity contribution in [2.75, 3.05) is 33.7 Å². The van der Waals surface area contributed by atoms with E-state index in [4.69, 9.17) is 4.74 Å². The first-order valence-corrected chi connectivity index (χ1v) is 10.0. The number of hydrogen-bond acceptors (Lipinski definition) is 4. The van der Waals surface area contributed by atoms with Gasteiger partial charge in [0.15, 0.2) is 5.96 Å². The number of halogens is 1. The van der Waals surface area contributed by atoms with E-state index in [1.54, 1.807) is 37.3 Å².